The first kappa shape index (κ1) is 30.8. The standard InChI is InChI=1S/C35H43N3O4/c1-6-24(2)30(33(40)37-31(26-18-12-8-13-19-26)27-20-14-9-15-21-27)36-32(39)29-23-22-28(25-16-10-7-11-17-25)38(29)34(41)42-35(3,4)5/h7-21,24,28-31H,6,22-23H2,1-5H3,(H,36,39)(H,37,40)/t24-,28+,29-,30-/m0/s1. The summed E-state index contributed by atoms with van der Waals surface area (Å²) in [6, 6.07) is 27.1. The summed E-state index contributed by atoms with van der Waals surface area (Å²) >= 11 is 0. The van der Waals surface area contributed by atoms with E-state index < -0.39 is 23.8 Å². The van der Waals surface area contributed by atoms with Crippen LogP contribution < -0.4 is 10.6 Å². The van der Waals surface area contributed by atoms with Crippen LogP contribution in [0.1, 0.15) is 82.7 Å². The van der Waals surface area contributed by atoms with E-state index in [4.69, 9.17) is 4.74 Å². The van der Waals surface area contributed by atoms with Gasteiger partial charge in [0.25, 0.3) is 0 Å². The molecule has 1 aliphatic rings. The predicted octanol–water partition coefficient (Wildman–Crippen LogP) is 6.56. The van der Waals surface area contributed by atoms with Crippen LogP contribution in [0.15, 0.2) is 91.0 Å². The lowest BCUT2D eigenvalue weighted by atomic mass is 9.95. The Bertz CT molecular complexity index is 1290. The minimum absolute atomic E-state index is 0.137. The first-order valence-corrected chi connectivity index (χ1v) is 14.9. The Morgan fingerprint density at radius 2 is 1.36 bits per heavy atom. The zero-order valence-electron chi connectivity index (χ0n) is 25.2. The number of carbonyl (C=O) groups excluding carboxylic acids is 3. The zero-order chi connectivity index (χ0) is 30.3. The second-order valence-electron chi connectivity index (χ2n) is 12.0. The van der Waals surface area contributed by atoms with Gasteiger partial charge in [0.15, 0.2) is 0 Å². The van der Waals surface area contributed by atoms with Crippen LogP contribution in [-0.2, 0) is 14.3 Å². The molecule has 3 aromatic rings. The lowest BCUT2D eigenvalue weighted by molar-refractivity contribution is -0.133. The van der Waals surface area contributed by atoms with Crippen molar-refractivity contribution < 1.29 is 19.1 Å². The second kappa shape index (κ2) is 13.7. The molecular weight excluding hydrogens is 526 g/mol. The van der Waals surface area contributed by atoms with Crippen molar-refractivity contribution in [3.63, 3.8) is 0 Å². The number of hydrogen-bond acceptors (Lipinski definition) is 4. The molecular formula is C35H43N3O4. The Labute approximate surface area is 249 Å². The summed E-state index contributed by atoms with van der Waals surface area (Å²) in [6.07, 6.45) is 1.24. The highest BCUT2D eigenvalue weighted by molar-refractivity contribution is 5.92. The third-order valence-electron chi connectivity index (χ3n) is 7.82. The molecule has 7 heteroatoms. The van der Waals surface area contributed by atoms with Crippen LogP contribution in [0.2, 0.25) is 0 Å². The molecule has 0 unspecified atom stereocenters. The molecule has 0 aliphatic carbocycles. The molecule has 1 aliphatic heterocycles. The molecule has 1 saturated heterocycles. The SMILES string of the molecule is CC[C@H](C)[C@H](NC(=O)[C@@H]1CC[C@H](c2ccccc2)N1C(=O)OC(C)(C)C)C(=O)NC(c1ccccc1)c1ccccc1. The molecule has 4 atom stereocenters. The van der Waals surface area contributed by atoms with Gasteiger partial charge in [0.1, 0.15) is 17.7 Å². The molecule has 3 amide bonds. The van der Waals surface area contributed by atoms with E-state index in [0.29, 0.717) is 19.3 Å². The molecule has 4 rings (SSSR count). The highest BCUT2D eigenvalue weighted by Crippen LogP contribution is 2.37. The van der Waals surface area contributed by atoms with Crippen LogP contribution in [0.3, 0.4) is 0 Å². The van der Waals surface area contributed by atoms with E-state index >= 15 is 0 Å². The van der Waals surface area contributed by atoms with Gasteiger partial charge in [-0.2, -0.15) is 0 Å². The van der Waals surface area contributed by atoms with Crippen molar-refractivity contribution in [1.82, 2.24) is 15.5 Å². The van der Waals surface area contributed by atoms with Gasteiger partial charge in [-0.3, -0.25) is 14.5 Å². The van der Waals surface area contributed by atoms with E-state index in [0.717, 1.165) is 16.7 Å². The zero-order valence-corrected chi connectivity index (χ0v) is 25.2. The van der Waals surface area contributed by atoms with Gasteiger partial charge in [0.05, 0.1) is 12.1 Å². The van der Waals surface area contributed by atoms with Crippen LogP contribution in [0.25, 0.3) is 0 Å². The Morgan fingerprint density at radius 3 is 1.86 bits per heavy atom. The fraction of sp³-hybridized carbons (Fsp3) is 0.400. The van der Waals surface area contributed by atoms with Gasteiger partial charge in [-0.15, -0.1) is 0 Å². The summed E-state index contributed by atoms with van der Waals surface area (Å²) < 4.78 is 5.75. The number of rotatable bonds is 9. The van der Waals surface area contributed by atoms with E-state index in [1.54, 1.807) is 4.90 Å². The van der Waals surface area contributed by atoms with Crippen LogP contribution in [0.5, 0.6) is 0 Å². The van der Waals surface area contributed by atoms with Crippen molar-refractivity contribution >= 4 is 17.9 Å². The average Bonchev–Trinajstić information content (AvgIpc) is 3.44. The third kappa shape index (κ3) is 7.58. The molecule has 7 nitrogen and oxygen atoms in total. The van der Waals surface area contributed by atoms with Gasteiger partial charge in [0, 0.05) is 0 Å². The minimum Gasteiger partial charge on any atom is -0.444 e. The minimum atomic E-state index is -0.784. The van der Waals surface area contributed by atoms with E-state index in [1.165, 1.54) is 0 Å². The van der Waals surface area contributed by atoms with Crippen molar-refractivity contribution in [3.05, 3.63) is 108 Å². The van der Waals surface area contributed by atoms with Crippen molar-refractivity contribution in [1.29, 1.82) is 0 Å². The molecule has 0 bridgehead atoms. The maximum absolute atomic E-state index is 13.9. The molecule has 0 saturated carbocycles. The highest BCUT2D eigenvalue weighted by atomic mass is 16.6. The molecule has 0 aromatic heterocycles. The number of ether oxygens (including phenoxy) is 1. The summed E-state index contributed by atoms with van der Waals surface area (Å²) in [7, 11) is 0. The number of hydrogen-bond donors (Lipinski definition) is 2. The van der Waals surface area contributed by atoms with Gasteiger partial charge >= 0.3 is 6.09 Å². The molecule has 1 fully saturated rings. The van der Waals surface area contributed by atoms with Crippen LogP contribution in [0, 0.1) is 5.92 Å². The van der Waals surface area contributed by atoms with E-state index in [9.17, 15) is 14.4 Å². The Balaban J connectivity index is 1.59. The number of carbonyl (C=O) groups is 3. The topological polar surface area (TPSA) is 87.7 Å². The van der Waals surface area contributed by atoms with Crippen molar-refractivity contribution in [2.45, 2.75) is 83.6 Å². The molecule has 3 aromatic carbocycles. The maximum Gasteiger partial charge on any atom is 0.411 e. The van der Waals surface area contributed by atoms with Crippen molar-refractivity contribution in [2.24, 2.45) is 5.92 Å². The van der Waals surface area contributed by atoms with Crippen LogP contribution in [0.4, 0.5) is 4.79 Å². The fourth-order valence-electron chi connectivity index (χ4n) is 5.47. The Hall–Kier alpha value is -4.13. The lowest BCUT2D eigenvalue weighted by Crippen LogP contribution is -2.56. The normalized spacial score (nSPS) is 18.3. The van der Waals surface area contributed by atoms with Gasteiger partial charge in [-0.25, -0.2) is 4.79 Å². The number of nitrogens with zero attached hydrogens (tertiary/aromatic N) is 1. The smallest absolute Gasteiger partial charge is 0.411 e. The first-order valence-electron chi connectivity index (χ1n) is 14.9. The molecule has 0 radical (unpaired) electrons. The summed E-state index contributed by atoms with van der Waals surface area (Å²) in [5, 5.41) is 6.24. The fourth-order valence-corrected chi connectivity index (χ4v) is 5.47. The number of amides is 3. The second-order valence-corrected chi connectivity index (χ2v) is 12.0. The molecule has 0 spiro atoms. The summed E-state index contributed by atoms with van der Waals surface area (Å²) in [6.45, 7) is 9.39. The third-order valence-corrected chi connectivity index (χ3v) is 7.82. The van der Waals surface area contributed by atoms with Gasteiger partial charge in [-0.05, 0) is 56.2 Å². The monoisotopic (exact) mass is 569 g/mol. The predicted molar refractivity (Wildman–Crippen MR) is 165 cm³/mol. The van der Waals surface area contributed by atoms with E-state index in [-0.39, 0.29) is 29.8 Å². The summed E-state index contributed by atoms with van der Waals surface area (Å²) in [5.41, 5.74) is 2.13. The summed E-state index contributed by atoms with van der Waals surface area (Å²) in [5.74, 6) is -0.755. The summed E-state index contributed by atoms with van der Waals surface area (Å²) in [4.78, 5) is 42.9. The number of nitrogens with one attached hydrogen (secondary N) is 2. The molecule has 222 valence electrons. The quantitative estimate of drug-likeness (QED) is 0.305. The maximum atomic E-state index is 13.9. The Morgan fingerprint density at radius 1 is 0.833 bits per heavy atom. The Kier molecular flexibility index (Phi) is 10.0. The largest absolute Gasteiger partial charge is 0.444 e. The lowest BCUT2D eigenvalue weighted by Gasteiger charge is -2.33. The number of benzene rings is 3. The van der Waals surface area contributed by atoms with E-state index in [2.05, 4.69) is 10.6 Å². The highest BCUT2D eigenvalue weighted by Gasteiger charge is 2.44. The van der Waals surface area contributed by atoms with Crippen LogP contribution in [-0.4, -0.2) is 40.5 Å². The van der Waals surface area contributed by atoms with Crippen molar-refractivity contribution in [2.75, 3.05) is 0 Å². The molecule has 2 N–H and O–H groups in total. The van der Waals surface area contributed by atoms with E-state index in [1.807, 2.05) is 126 Å². The van der Waals surface area contributed by atoms with Crippen molar-refractivity contribution in [3.8, 4) is 0 Å². The molecule has 1 heterocycles. The number of likely N-dealkylation sites (tertiary alicyclic amines) is 1. The first-order chi connectivity index (χ1) is 20.1. The van der Waals surface area contributed by atoms with Gasteiger partial charge in [0.2, 0.25) is 11.8 Å². The molecule has 42 heavy (non-hydrogen) atoms. The average molecular weight is 570 g/mol. The van der Waals surface area contributed by atoms with Gasteiger partial charge in [-0.1, -0.05) is 111 Å². The van der Waals surface area contributed by atoms with Crippen LogP contribution >= 0.6 is 0 Å². The van der Waals surface area contributed by atoms with Gasteiger partial charge < -0.3 is 15.4 Å².